The number of benzene rings is 3. The Morgan fingerprint density at radius 1 is 1.09 bits per heavy atom. The highest BCUT2D eigenvalue weighted by Crippen LogP contribution is 2.27. The SMILES string of the molecule is Cc1ccc(OCC(C)NC(=O)CN(c2ccc(F)c(Cl)c2)S(=O)(=O)c2ccccc2)cc1. The Kier molecular flexibility index (Phi) is 7.94. The molecule has 3 aromatic rings. The molecule has 3 rings (SSSR count). The summed E-state index contributed by atoms with van der Waals surface area (Å²) in [5.74, 6) is -0.574. The van der Waals surface area contributed by atoms with Crippen LogP contribution in [0, 0.1) is 12.7 Å². The number of sulfonamides is 1. The lowest BCUT2D eigenvalue weighted by Gasteiger charge is -2.25. The number of amides is 1. The standard InChI is InChI=1S/C24H24ClFN2O4S/c1-17-8-11-20(12-9-17)32-16-18(2)27-24(29)15-28(19-10-13-23(26)22(25)14-19)33(30,31)21-6-4-3-5-7-21/h3-14,18H,15-16H2,1-2H3,(H,27,29). The summed E-state index contributed by atoms with van der Waals surface area (Å²) in [7, 11) is -4.11. The van der Waals surface area contributed by atoms with Crippen LogP contribution in [0.25, 0.3) is 0 Å². The number of anilines is 1. The lowest BCUT2D eigenvalue weighted by molar-refractivity contribution is -0.120. The van der Waals surface area contributed by atoms with Crippen molar-refractivity contribution in [2.24, 2.45) is 0 Å². The zero-order valence-corrected chi connectivity index (χ0v) is 19.7. The summed E-state index contributed by atoms with van der Waals surface area (Å²) in [6.07, 6.45) is 0. The van der Waals surface area contributed by atoms with Crippen LogP contribution in [0.15, 0.2) is 77.7 Å². The van der Waals surface area contributed by atoms with Crippen LogP contribution in [-0.4, -0.2) is 33.5 Å². The van der Waals surface area contributed by atoms with Crippen LogP contribution >= 0.6 is 11.6 Å². The largest absolute Gasteiger partial charge is 0.491 e. The smallest absolute Gasteiger partial charge is 0.264 e. The second kappa shape index (κ2) is 10.7. The molecule has 1 atom stereocenters. The molecule has 0 radical (unpaired) electrons. The molecular formula is C24H24ClFN2O4S. The van der Waals surface area contributed by atoms with E-state index in [4.69, 9.17) is 16.3 Å². The first-order chi connectivity index (χ1) is 15.7. The minimum atomic E-state index is -4.11. The Balaban J connectivity index is 1.75. The molecular weight excluding hydrogens is 467 g/mol. The molecule has 0 bridgehead atoms. The summed E-state index contributed by atoms with van der Waals surface area (Å²) in [5, 5.41) is 2.49. The van der Waals surface area contributed by atoms with E-state index in [-0.39, 0.29) is 22.2 Å². The van der Waals surface area contributed by atoms with Gasteiger partial charge in [-0.15, -0.1) is 0 Å². The maximum absolute atomic E-state index is 13.7. The maximum Gasteiger partial charge on any atom is 0.264 e. The average molecular weight is 491 g/mol. The molecule has 9 heteroatoms. The van der Waals surface area contributed by atoms with Crippen molar-refractivity contribution in [3.63, 3.8) is 0 Å². The molecule has 0 aliphatic carbocycles. The molecule has 0 fully saturated rings. The van der Waals surface area contributed by atoms with Gasteiger partial charge < -0.3 is 10.1 Å². The van der Waals surface area contributed by atoms with Crippen molar-refractivity contribution in [2.75, 3.05) is 17.5 Å². The summed E-state index contributed by atoms with van der Waals surface area (Å²) >= 11 is 5.87. The number of carbonyl (C=O) groups excluding carboxylic acids is 1. The maximum atomic E-state index is 13.7. The van der Waals surface area contributed by atoms with Crippen LogP contribution in [0.3, 0.4) is 0 Å². The van der Waals surface area contributed by atoms with Crippen molar-refractivity contribution >= 4 is 33.2 Å². The van der Waals surface area contributed by atoms with E-state index in [1.807, 2.05) is 31.2 Å². The molecule has 1 N–H and O–H groups in total. The number of hydrogen-bond donors (Lipinski definition) is 1. The summed E-state index contributed by atoms with van der Waals surface area (Å²) in [5.41, 5.74) is 1.17. The van der Waals surface area contributed by atoms with Gasteiger partial charge in [0, 0.05) is 0 Å². The molecule has 174 valence electrons. The Morgan fingerprint density at radius 2 is 1.76 bits per heavy atom. The topological polar surface area (TPSA) is 75.7 Å². The van der Waals surface area contributed by atoms with Crippen molar-refractivity contribution in [2.45, 2.75) is 24.8 Å². The van der Waals surface area contributed by atoms with E-state index >= 15 is 0 Å². The number of hydrogen-bond acceptors (Lipinski definition) is 4. The highest BCUT2D eigenvalue weighted by Gasteiger charge is 2.28. The molecule has 0 aliphatic rings. The van der Waals surface area contributed by atoms with Crippen molar-refractivity contribution in [1.29, 1.82) is 0 Å². The zero-order valence-electron chi connectivity index (χ0n) is 18.2. The Hall–Kier alpha value is -3.10. The fourth-order valence-electron chi connectivity index (χ4n) is 3.02. The third-order valence-electron chi connectivity index (χ3n) is 4.74. The highest BCUT2D eigenvalue weighted by atomic mass is 35.5. The second-order valence-electron chi connectivity index (χ2n) is 7.52. The van der Waals surface area contributed by atoms with E-state index in [1.165, 1.54) is 24.3 Å². The average Bonchev–Trinajstić information content (AvgIpc) is 2.79. The number of rotatable bonds is 9. The predicted octanol–water partition coefficient (Wildman–Crippen LogP) is 4.57. The van der Waals surface area contributed by atoms with Crippen LogP contribution in [0.5, 0.6) is 5.75 Å². The molecule has 0 aromatic heterocycles. The third-order valence-corrected chi connectivity index (χ3v) is 6.82. The minimum Gasteiger partial charge on any atom is -0.491 e. The van der Waals surface area contributed by atoms with Gasteiger partial charge in [0.15, 0.2) is 0 Å². The molecule has 0 heterocycles. The first kappa shape index (κ1) is 24.5. The summed E-state index contributed by atoms with van der Waals surface area (Å²) in [4.78, 5) is 12.7. The van der Waals surface area contributed by atoms with E-state index in [2.05, 4.69) is 5.32 Å². The predicted molar refractivity (Wildman–Crippen MR) is 127 cm³/mol. The van der Waals surface area contributed by atoms with Gasteiger partial charge in [-0.1, -0.05) is 47.5 Å². The number of halogens is 2. The van der Waals surface area contributed by atoms with Gasteiger partial charge in [-0.3, -0.25) is 9.10 Å². The lowest BCUT2D eigenvalue weighted by Crippen LogP contribution is -2.45. The molecule has 0 saturated heterocycles. The van der Waals surface area contributed by atoms with Crippen LogP contribution in [0.2, 0.25) is 5.02 Å². The van der Waals surface area contributed by atoms with Gasteiger partial charge in [0.2, 0.25) is 5.91 Å². The Morgan fingerprint density at radius 3 is 2.39 bits per heavy atom. The number of carbonyl (C=O) groups is 1. The van der Waals surface area contributed by atoms with E-state index in [1.54, 1.807) is 25.1 Å². The molecule has 6 nitrogen and oxygen atoms in total. The van der Waals surface area contributed by atoms with Crippen LogP contribution in [-0.2, 0) is 14.8 Å². The highest BCUT2D eigenvalue weighted by molar-refractivity contribution is 7.92. The lowest BCUT2D eigenvalue weighted by atomic mass is 10.2. The molecule has 0 spiro atoms. The van der Waals surface area contributed by atoms with E-state index in [0.29, 0.717) is 5.75 Å². The summed E-state index contributed by atoms with van der Waals surface area (Å²) in [6, 6.07) is 18.3. The molecule has 33 heavy (non-hydrogen) atoms. The van der Waals surface area contributed by atoms with Gasteiger partial charge in [0.05, 0.1) is 21.6 Å². The van der Waals surface area contributed by atoms with Gasteiger partial charge in [0.1, 0.15) is 24.7 Å². The van der Waals surface area contributed by atoms with Gasteiger partial charge in [0.25, 0.3) is 10.0 Å². The van der Waals surface area contributed by atoms with Crippen molar-refractivity contribution in [3.8, 4) is 5.75 Å². The monoisotopic (exact) mass is 490 g/mol. The zero-order chi connectivity index (χ0) is 24.0. The first-order valence-corrected chi connectivity index (χ1v) is 12.0. The number of ether oxygens (including phenoxy) is 1. The summed E-state index contributed by atoms with van der Waals surface area (Å²) in [6.45, 7) is 3.39. The molecule has 0 aliphatic heterocycles. The number of aryl methyl sites for hydroxylation is 1. The fourth-order valence-corrected chi connectivity index (χ4v) is 4.63. The molecule has 1 unspecified atom stereocenters. The van der Waals surface area contributed by atoms with E-state index in [0.717, 1.165) is 15.9 Å². The van der Waals surface area contributed by atoms with Crippen LogP contribution < -0.4 is 14.4 Å². The Labute approximate surface area is 198 Å². The van der Waals surface area contributed by atoms with E-state index < -0.39 is 34.3 Å². The quantitative estimate of drug-likeness (QED) is 0.477. The van der Waals surface area contributed by atoms with Crippen molar-refractivity contribution < 1.29 is 22.3 Å². The fraction of sp³-hybridized carbons (Fsp3) is 0.208. The van der Waals surface area contributed by atoms with Gasteiger partial charge in [-0.2, -0.15) is 0 Å². The number of nitrogens with one attached hydrogen (secondary N) is 1. The third kappa shape index (κ3) is 6.46. The first-order valence-electron chi connectivity index (χ1n) is 10.2. The molecule has 1 amide bonds. The second-order valence-corrected chi connectivity index (χ2v) is 9.79. The summed E-state index contributed by atoms with van der Waals surface area (Å²) < 4.78 is 46.8. The Bertz CT molecular complexity index is 1200. The normalized spacial score (nSPS) is 12.1. The van der Waals surface area contributed by atoms with Crippen molar-refractivity contribution in [3.05, 3.63) is 89.2 Å². The van der Waals surface area contributed by atoms with Crippen molar-refractivity contribution in [1.82, 2.24) is 5.32 Å². The van der Waals surface area contributed by atoms with Gasteiger partial charge in [-0.25, -0.2) is 12.8 Å². The van der Waals surface area contributed by atoms with Crippen LogP contribution in [0.1, 0.15) is 12.5 Å². The van der Waals surface area contributed by atoms with Gasteiger partial charge >= 0.3 is 0 Å². The number of nitrogens with zero attached hydrogens (tertiary/aromatic N) is 1. The minimum absolute atomic E-state index is 0.00556. The van der Waals surface area contributed by atoms with E-state index in [9.17, 15) is 17.6 Å². The molecule has 0 saturated carbocycles. The van der Waals surface area contributed by atoms with Crippen LogP contribution in [0.4, 0.5) is 10.1 Å². The molecule has 3 aromatic carbocycles. The van der Waals surface area contributed by atoms with Gasteiger partial charge in [-0.05, 0) is 56.3 Å².